The number of pyridine rings is 1. The van der Waals surface area contributed by atoms with Crippen molar-refractivity contribution in [3.05, 3.63) is 50.7 Å². The zero-order valence-electron chi connectivity index (χ0n) is 20.2. The number of hydrogen-bond donors (Lipinski definition) is 2. The molecular weight excluding hydrogens is 438 g/mol. The molecule has 9 heteroatoms. The van der Waals surface area contributed by atoms with Crippen molar-refractivity contribution in [2.45, 2.75) is 46.6 Å². The molecule has 1 atom stereocenters. The number of ether oxygens (including phenoxy) is 2. The molecule has 34 heavy (non-hydrogen) atoms. The molecule has 0 saturated carbocycles. The number of amides is 1. The van der Waals surface area contributed by atoms with E-state index in [0.717, 1.165) is 18.7 Å². The highest BCUT2D eigenvalue weighted by Gasteiger charge is 2.34. The SMILES string of the molecule is CCNCCOCCCOc1cc2c(cc1O)-c1cc(=O)c(C(=O)N=O)cn1C(C(C)(C)C)C2. The van der Waals surface area contributed by atoms with Gasteiger partial charge in [0.15, 0.2) is 16.9 Å². The van der Waals surface area contributed by atoms with Crippen LogP contribution >= 0.6 is 0 Å². The molecule has 1 unspecified atom stereocenters. The second kappa shape index (κ2) is 10.9. The van der Waals surface area contributed by atoms with Gasteiger partial charge in [-0.3, -0.25) is 9.59 Å². The van der Waals surface area contributed by atoms with Crippen LogP contribution in [0, 0.1) is 10.3 Å². The molecule has 0 saturated heterocycles. The van der Waals surface area contributed by atoms with Gasteiger partial charge in [0.25, 0.3) is 0 Å². The molecule has 9 nitrogen and oxygen atoms in total. The molecular formula is C25H33N3O6. The zero-order chi connectivity index (χ0) is 24.9. The number of fused-ring (bicyclic) bond motifs is 3. The quantitative estimate of drug-likeness (QED) is 0.401. The van der Waals surface area contributed by atoms with E-state index in [-0.39, 0.29) is 22.8 Å². The predicted octanol–water partition coefficient (Wildman–Crippen LogP) is 3.67. The van der Waals surface area contributed by atoms with Gasteiger partial charge >= 0.3 is 5.91 Å². The topological polar surface area (TPSA) is 119 Å². The minimum atomic E-state index is -1.09. The van der Waals surface area contributed by atoms with Crippen molar-refractivity contribution in [1.29, 1.82) is 0 Å². The third-order valence-electron chi connectivity index (χ3n) is 5.97. The average Bonchev–Trinajstić information content (AvgIpc) is 2.79. The molecule has 0 bridgehead atoms. The minimum Gasteiger partial charge on any atom is -0.504 e. The van der Waals surface area contributed by atoms with Gasteiger partial charge in [0.1, 0.15) is 5.56 Å². The Hall–Kier alpha value is -3.04. The maximum atomic E-state index is 12.6. The van der Waals surface area contributed by atoms with Crippen LogP contribution in [0.3, 0.4) is 0 Å². The van der Waals surface area contributed by atoms with Crippen LogP contribution < -0.4 is 15.5 Å². The number of nitrogens with zero attached hydrogens (tertiary/aromatic N) is 2. The van der Waals surface area contributed by atoms with Crippen LogP contribution in [-0.2, 0) is 11.2 Å². The highest BCUT2D eigenvalue weighted by Crippen LogP contribution is 2.45. The van der Waals surface area contributed by atoms with E-state index in [1.54, 1.807) is 6.07 Å². The van der Waals surface area contributed by atoms with E-state index >= 15 is 0 Å². The Kier molecular flexibility index (Phi) is 8.22. The summed E-state index contributed by atoms with van der Waals surface area (Å²) in [6, 6.07) is 4.63. The van der Waals surface area contributed by atoms with Gasteiger partial charge in [0.2, 0.25) is 0 Å². The summed E-state index contributed by atoms with van der Waals surface area (Å²) in [5.41, 5.74) is 1.14. The average molecular weight is 472 g/mol. The Balaban J connectivity index is 1.85. The Morgan fingerprint density at radius 2 is 2.00 bits per heavy atom. The molecule has 1 aromatic carbocycles. The van der Waals surface area contributed by atoms with Crippen LogP contribution in [0.5, 0.6) is 11.5 Å². The molecule has 0 radical (unpaired) electrons. The van der Waals surface area contributed by atoms with E-state index in [0.29, 0.717) is 49.7 Å². The van der Waals surface area contributed by atoms with Crippen LogP contribution in [0.25, 0.3) is 11.3 Å². The number of carbonyl (C=O) groups is 1. The maximum Gasteiger partial charge on any atom is 0.322 e. The van der Waals surface area contributed by atoms with Crippen molar-refractivity contribution in [3.63, 3.8) is 0 Å². The summed E-state index contributed by atoms with van der Waals surface area (Å²) in [6.45, 7) is 11.6. The smallest absolute Gasteiger partial charge is 0.322 e. The number of benzene rings is 1. The second-order valence-electron chi connectivity index (χ2n) is 9.47. The molecule has 0 spiro atoms. The van der Waals surface area contributed by atoms with Gasteiger partial charge in [-0.15, -0.1) is 4.91 Å². The van der Waals surface area contributed by atoms with E-state index in [4.69, 9.17) is 9.47 Å². The highest BCUT2D eigenvalue weighted by molar-refractivity contribution is 5.94. The normalized spacial score (nSPS) is 14.9. The van der Waals surface area contributed by atoms with Crippen LogP contribution in [0.2, 0.25) is 0 Å². The number of phenols is 1. The number of aromatic nitrogens is 1. The summed E-state index contributed by atoms with van der Waals surface area (Å²) in [5.74, 6) is -0.738. The first-order valence-corrected chi connectivity index (χ1v) is 11.6. The Bertz CT molecular complexity index is 1100. The fourth-order valence-corrected chi connectivity index (χ4v) is 4.16. The summed E-state index contributed by atoms with van der Waals surface area (Å²) in [4.78, 5) is 35.2. The number of phenolic OH excluding ortho intramolecular Hbond substituents is 1. The van der Waals surface area contributed by atoms with E-state index in [9.17, 15) is 19.6 Å². The Morgan fingerprint density at radius 1 is 1.24 bits per heavy atom. The lowest BCUT2D eigenvalue weighted by atomic mass is 9.78. The lowest BCUT2D eigenvalue weighted by molar-refractivity contribution is 0.0998. The summed E-state index contributed by atoms with van der Waals surface area (Å²) in [7, 11) is 0. The van der Waals surface area contributed by atoms with E-state index in [1.165, 1.54) is 12.3 Å². The third-order valence-corrected chi connectivity index (χ3v) is 5.97. The number of hydrogen-bond acceptors (Lipinski definition) is 7. The molecule has 1 aliphatic rings. The van der Waals surface area contributed by atoms with E-state index in [1.807, 2.05) is 17.6 Å². The molecule has 3 rings (SSSR count). The minimum absolute atomic E-state index is 0.0327. The monoisotopic (exact) mass is 471 g/mol. The number of carbonyl (C=O) groups excluding carboxylic acids is 1. The van der Waals surface area contributed by atoms with Crippen molar-refractivity contribution < 1.29 is 19.4 Å². The van der Waals surface area contributed by atoms with Crippen molar-refractivity contribution >= 4 is 5.91 Å². The van der Waals surface area contributed by atoms with Gasteiger partial charge in [0, 0.05) is 48.6 Å². The van der Waals surface area contributed by atoms with Crippen molar-refractivity contribution in [3.8, 4) is 22.8 Å². The molecule has 1 aliphatic heterocycles. The number of aromatic hydroxyl groups is 1. The van der Waals surface area contributed by atoms with Crippen LogP contribution in [-0.4, -0.2) is 48.5 Å². The number of rotatable bonds is 10. The van der Waals surface area contributed by atoms with E-state index in [2.05, 4.69) is 31.3 Å². The van der Waals surface area contributed by atoms with E-state index < -0.39 is 11.3 Å². The van der Waals surface area contributed by atoms with Crippen LogP contribution in [0.15, 0.2) is 34.4 Å². The lowest BCUT2D eigenvalue weighted by Gasteiger charge is -2.39. The predicted molar refractivity (Wildman–Crippen MR) is 130 cm³/mol. The summed E-state index contributed by atoms with van der Waals surface area (Å²) < 4.78 is 13.2. The molecule has 184 valence electrons. The Labute approximate surface area is 199 Å². The summed E-state index contributed by atoms with van der Waals surface area (Å²) >= 11 is 0. The fraction of sp³-hybridized carbons (Fsp3) is 0.520. The standard InChI is InChI=1S/C25H33N3O6/c1-5-26-7-10-33-8-6-9-34-22-11-16-12-23(25(2,3)4)28-15-18(24(31)27-32)20(29)14-19(28)17(16)13-21(22)30/h11,13-15,23,26,30H,5-10,12H2,1-4H3. The van der Waals surface area contributed by atoms with Crippen molar-refractivity contribution in [2.24, 2.45) is 10.6 Å². The first kappa shape index (κ1) is 25.6. The highest BCUT2D eigenvalue weighted by atomic mass is 16.5. The summed E-state index contributed by atoms with van der Waals surface area (Å²) in [5, 5.41) is 16.2. The largest absolute Gasteiger partial charge is 0.504 e. The van der Waals surface area contributed by atoms with Gasteiger partial charge < -0.3 is 24.5 Å². The molecule has 2 heterocycles. The number of nitroso groups, excluding NO2 is 1. The fourth-order valence-electron chi connectivity index (χ4n) is 4.16. The van der Waals surface area contributed by atoms with Crippen molar-refractivity contribution in [2.75, 3.05) is 32.9 Å². The third kappa shape index (κ3) is 5.71. The van der Waals surface area contributed by atoms with Gasteiger partial charge in [0.05, 0.1) is 18.9 Å². The lowest BCUT2D eigenvalue weighted by Crippen LogP contribution is -2.32. The molecule has 0 fully saturated rings. The van der Waals surface area contributed by atoms with Gasteiger partial charge in [-0.25, -0.2) is 0 Å². The molecule has 2 N–H and O–H groups in total. The molecule has 1 aromatic heterocycles. The molecule has 1 amide bonds. The molecule has 2 aromatic rings. The first-order chi connectivity index (χ1) is 16.2. The first-order valence-electron chi connectivity index (χ1n) is 11.6. The van der Waals surface area contributed by atoms with Gasteiger partial charge in [-0.2, -0.15) is 0 Å². The van der Waals surface area contributed by atoms with Gasteiger partial charge in [-0.05, 0) is 36.1 Å². The number of likely N-dealkylation sites (N-methyl/N-ethyl adjacent to an activating group) is 1. The maximum absolute atomic E-state index is 12.6. The molecule has 0 aliphatic carbocycles. The summed E-state index contributed by atoms with van der Waals surface area (Å²) in [6.07, 6.45) is 2.70. The van der Waals surface area contributed by atoms with Crippen LogP contribution in [0.4, 0.5) is 0 Å². The zero-order valence-corrected chi connectivity index (χ0v) is 20.2. The van der Waals surface area contributed by atoms with Gasteiger partial charge in [-0.1, -0.05) is 27.7 Å². The number of nitrogens with one attached hydrogen (secondary N) is 1. The Morgan fingerprint density at radius 3 is 2.68 bits per heavy atom. The second-order valence-corrected chi connectivity index (χ2v) is 9.47. The van der Waals surface area contributed by atoms with Crippen LogP contribution in [0.1, 0.15) is 56.1 Å². The van der Waals surface area contributed by atoms with Crippen molar-refractivity contribution in [1.82, 2.24) is 9.88 Å².